The zero-order chi connectivity index (χ0) is 22.9. The monoisotopic (exact) mass is 429 g/mol. The van der Waals surface area contributed by atoms with E-state index < -0.39 is 6.03 Å². The topological polar surface area (TPSA) is 91.9 Å². The molecule has 2 heterocycles. The van der Waals surface area contributed by atoms with Crippen molar-refractivity contribution in [3.63, 3.8) is 0 Å². The average molecular weight is 430 g/mol. The van der Waals surface area contributed by atoms with Gasteiger partial charge in [0.1, 0.15) is 5.82 Å². The molecule has 0 radical (unpaired) electrons. The van der Waals surface area contributed by atoms with Gasteiger partial charge in [-0.05, 0) is 36.4 Å². The Bertz CT molecular complexity index is 1300. The van der Waals surface area contributed by atoms with E-state index in [2.05, 4.69) is 36.4 Å². The van der Waals surface area contributed by atoms with Crippen molar-refractivity contribution in [3.8, 4) is 5.69 Å². The largest absolute Gasteiger partial charge is 0.324 e. The molecule has 2 N–H and O–H groups in total. The predicted octanol–water partition coefficient (Wildman–Crippen LogP) is 5.40. The van der Waals surface area contributed by atoms with Gasteiger partial charge in [-0.1, -0.05) is 26.8 Å². The van der Waals surface area contributed by atoms with E-state index in [4.69, 9.17) is 5.10 Å². The summed E-state index contributed by atoms with van der Waals surface area (Å²) in [5.41, 5.74) is 3.44. The highest BCUT2D eigenvalue weighted by Gasteiger charge is 2.22. The summed E-state index contributed by atoms with van der Waals surface area (Å²) >= 11 is 0. The third kappa shape index (κ3) is 4.49. The second kappa shape index (κ2) is 8.22. The third-order valence-electron chi connectivity index (χ3n) is 5.04. The minimum absolute atomic E-state index is 0.198. The van der Waals surface area contributed by atoms with Gasteiger partial charge in [-0.15, -0.1) is 0 Å². The second-order valence-corrected chi connectivity index (χ2v) is 8.58. The number of amides is 2. The molecule has 8 heteroatoms. The zero-order valence-corrected chi connectivity index (χ0v) is 18.5. The van der Waals surface area contributed by atoms with Crippen LogP contribution in [0.3, 0.4) is 0 Å². The number of anilines is 2. The molecule has 0 aliphatic carbocycles. The van der Waals surface area contributed by atoms with Crippen LogP contribution in [0, 0.1) is 4.91 Å². The van der Waals surface area contributed by atoms with E-state index in [1.165, 1.54) is 7.05 Å². The Kier molecular flexibility index (Phi) is 5.44. The van der Waals surface area contributed by atoms with Crippen LogP contribution < -0.4 is 10.6 Å². The van der Waals surface area contributed by atoms with Crippen molar-refractivity contribution in [1.82, 2.24) is 14.8 Å². The van der Waals surface area contributed by atoms with Crippen molar-refractivity contribution in [2.24, 2.45) is 0 Å². The zero-order valence-electron chi connectivity index (χ0n) is 18.5. The number of nitrogens with one attached hydrogen (secondary N) is 2. The van der Waals surface area contributed by atoms with E-state index in [9.17, 15) is 9.70 Å². The maximum atomic E-state index is 12.7. The Morgan fingerprint density at radius 1 is 1.00 bits per heavy atom. The number of aromatic nitrogens is 3. The molecular weight excluding hydrogens is 404 g/mol. The number of hydrogen-bond donors (Lipinski definition) is 2. The Morgan fingerprint density at radius 2 is 1.75 bits per heavy atom. The summed E-state index contributed by atoms with van der Waals surface area (Å²) in [6.07, 6.45) is 1.76. The molecule has 0 saturated heterocycles. The molecule has 0 aliphatic rings. The van der Waals surface area contributed by atoms with Crippen LogP contribution in [0.15, 0.2) is 66.9 Å². The summed E-state index contributed by atoms with van der Waals surface area (Å²) in [7, 11) is 1.42. The SMILES string of the molecule is C[N+](=O)c1ccc(NC(=O)Nc2cc(C(C)(C)C)nn2-c2ccc3ncccc3c2)cc1. The fourth-order valence-electron chi connectivity index (χ4n) is 3.26. The van der Waals surface area contributed by atoms with Crippen LogP contribution in [0.5, 0.6) is 0 Å². The average Bonchev–Trinajstić information content (AvgIpc) is 3.18. The van der Waals surface area contributed by atoms with Crippen LogP contribution in [-0.4, -0.2) is 32.6 Å². The summed E-state index contributed by atoms with van der Waals surface area (Å²) in [6, 6.07) is 17.8. The number of urea groups is 1. The van der Waals surface area contributed by atoms with Gasteiger partial charge in [0.25, 0.3) is 5.69 Å². The second-order valence-electron chi connectivity index (χ2n) is 8.58. The maximum Gasteiger partial charge on any atom is 0.324 e. The van der Waals surface area contributed by atoms with Crippen LogP contribution in [0.1, 0.15) is 26.5 Å². The molecule has 0 spiro atoms. The first kappa shape index (κ1) is 21.2. The van der Waals surface area contributed by atoms with E-state index in [-0.39, 0.29) is 5.41 Å². The summed E-state index contributed by atoms with van der Waals surface area (Å²) in [6.45, 7) is 6.22. The molecule has 162 valence electrons. The van der Waals surface area contributed by atoms with Crippen molar-refractivity contribution in [3.05, 3.63) is 77.5 Å². The normalized spacial score (nSPS) is 11.4. The smallest absolute Gasteiger partial charge is 0.308 e. The number of nitroso groups, excluding NO2 is 1. The van der Waals surface area contributed by atoms with E-state index >= 15 is 0 Å². The van der Waals surface area contributed by atoms with Crippen molar-refractivity contribution in [2.75, 3.05) is 17.7 Å². The molecular formula is C24H25N6O2+. The lowest BCUT2D eigenvalue weighted by atomic mass is 9.92. The van der Waals surface area contributed by atoms with Gasteiger partial charge in [0, 0.05) is 50.6 Å². The predicted molar refractivity (Wildman–Crippen MR) is 126 cm³/mol. The number of rotatable bonds is 4. The Labute approximate surface area is 185 Å². The van der Waals surface area contributed by atoms with Crippen molar-refractivity contribution >= 4 is 34.1 Å². The van der Waals surface area contributed by atoms with E-state index in [1.807, 2.05) is 36.4 Å². The van der Waals surface area contributed by atoms with Crippen LogP contribution in [0.4, 0.5) is 22.0 Å². The van der Waals surface area contributed by atoms with Crippen LogP contribution >= 0.6 is 0 Å². The highest BCUT2D eigenvalue weighted by molar-refractivity contribution is 5.99. The van der Waals surface area contributed by atoms with Crippen molar-refractivity contribution < 1.29 is 9.55 Å². The summed E-state index contributed by atoms with van der Waals surface area (Å²) in [5, 5.41) is 11.4. The molecule has 0 aliphatic heterocycles. The molecule has 2 amide bonds. The highest BCUT2D eigenvalue weighted by atomic mass is 16.3. The Hall–Kier alpha value is -4.07. The lowest BCUT2D eigenvalue weighted by Crippen LogP contribution is -2.21. The van der Waals surface area contributed by atoms with Crippen molar-refractivity contribution in [2.45, 2.75) is 26.2 Å². The van der Waals surface area contributed by atoms with Gasteiger partial charge >= 0.3 is 6.03 Å². The van der Waals surface area contributed by atoms with Gasteiger partial charge in [-0.2, -0.15) is 5.10 Å². The molecule has 0 atom stereocenters. The van der Waals surface area contributed by atoms with E-state index in [1.54, 1.807) is 35.1 Å². The van der Waals surface area contributed by atoms with E-state index in [0.29, 0.717) is 17.2 Å². The number of carbonyl (C=O) groups excluding carboxylic acids is 1. The quantitative estimate of drug-likeness (QED) is 0.425. The number of benzene rings is 2. The molecule has 0 unspecified atom stereocenters. The molecule has 4 rings (SSSR count). The minimum Gasteiger partial charge on any atom is -0.308 e. The standard InChI is InChI=1S/C24H24N6O2/c1-24(2,3)21-15-22(27-23(31)26-17-7-9-18(10-8-17)29(4)32)30(28-21)19-11-12-20-16(14-19)6-5-13-25-20/h5-15H,1-4H3,(H-,26,27,28,31,32)/p+1. The van der Waals surface area contributed by atoms with Gasteiger partial charge in [0.15, 0.2) is 7.05 Å². The number of hydrogen-bond acceptors (Lipinski definition) is 4. The number of fused-ring (bicyclic) bond motifs is 1. The fourth-order valence-corrected chi connectivity index (χ4v) is 3.26. The lowest BCUT2D eigenvalue weighted by Gasteiger charge is -2.14. The minimum atomic E-state index is -0.405. The van der Waals surface area contributed by atoms with Gasteiger partial charge in [0.2, 0.25) is 0 Å². The Morgan fingerprint density at radius 3 is 2.44 bits per heavy atom. The van der Waals surface area contributed by atoms with Crippen LogP contribution in [0.2, 0.25) is 0 Å². The van der Waals surface area contributed by atoms with Gasteiger partial charge < -0.3 is 5.32 Å². The Balaban J connectivity index is 1.64. The van der Waals surface area contributed by atoms with Crippen LogP contribution in [0.25, 0.3) is 16.6 Å². The van der Waals surface area contributed by atoms with E-state index in [0.717, 1.165) is 27.0 Å². The lowest BCUT2D eigenvalue weighted by molar-refractivity contribution is -0.428. The molecule has 2 aromatic carbocycles. The third-order valence-corrected chi connectivity index (χ3v) is 5.04. The highest BCUT2D eigenvalue weighted by Crippen LogP contribution is 2.27. The molecule has 0 bridgehead atoms. The van der Waals surface area contributed by atoms with Gasteiger partial charge in [0.05, 0.1) is 16.9 Å². The first-order valence-corrected chi connectivity index (χ1v) is 10.3. The molecule has 8 nitrogen and oxygen atoms in total. The van der Waals surface area contributed by atoms with Gasteiger partial charge in [-0.3, -0.25) is 10.3 Å². The summed E-state index contributed by atoms with van der Waals surface area (Å²) < 4.78 is 2.48. The van der Waals surface area contributed by atoms with Gasteiger partial charge in [-0.25, -0.2) is 9.48 Å². The molecule has 32 heavy (non-hydrogen) atoms. The fraction of sp³-hybridized carbons (Fsp3) is 0.208. The summed E-state index contributed by atoms with van der Waals surface area (Å²) in [4.78, 5) is 28.4. The van der Waals surface area contributed by atoms with Crippen molar-refractivity contribution in [1.29, 1.82) is 0 Å². The summed E-state index contributed by atoms with van der Waals surface area (Å²) in [5.74, 6) is 0.548. The molecule has 0 fully saturated rings. The number of pyridine rings is 1. The maximum absolute atomic E-state index is 12.7. The molecule has 4 aromatic rings. The molecule has 2 aromatic heterocycles. The van der Waals surface area contributed by atoms with Crippen LogP contribution in [-0.2, 0) is 5.41 Å². The first-order valence-electron chi connectivity index (χ1n) is 10.3. The first-order chi connectivity index (χ1) is 15.2. The number of nitrogens with zero attached hydrogens (tertiary/aromatic N) is 4. The molecule has 0 saturated carbocycles. The number of carbonyl (C=O) groups is 1.